The molecule has 0 aliphatic rings. The van der Waals surface area contributed by atoms with Crippen molar-refractivity contribution in [2.75, 3.05) is 26.5 Å². The molecule has 1 N–H and O–H groups in total. The monoisotopic (exact) mass is 335 g/mol. The van der Waals surface area contributed by atoms with E-state index in [1.807, 2.05) is 27.7 Å². The van der Waals surface area contributed by atoms with Crippen LogP contribution >= 0.6 is 0 Å². The standard InChI is InChI=1S/C15H29NO5S/c1-10(2)7-12(15(19)21-9-11(3)4)13(14(17)18)8-16(5)22(6)20/h10-13H,7-9H2,1-6H3,(H,17,18)/t12?,13-,22?/m0/s1. The van der Waals surface area contributed by atoms with Gasteiger partial charge in [-0.05, 0) is 25.3 Å². The van der Waals surface area contributed by atoms with Crippen LogP contribution in [-0.4, -0.2) is 52.0 Å². The Morgan fingerprint density at radius 1 is 1.14 bits per heavy atom. The van der Waals surface area contributed by atoms with Crippen molar-refractivity contribution in [1.82, 2.24) is 4.31 Å². The summed E-state index contributed by atoms with van der Waals surface area (Å²) in [5, 5.41) is 9.48. The second-order valence-electron chi connectivity index (χ2n) is 6.44. The normalized spacial score (nSPS) is 15.9. The molecule has 0 aliphatic heterocycles. The number of carbonyl (C=O) groups is 2. The quantitative estimate of drug-likeness (QED) is 0.615. The molecule has 0 saturated carbocycles. The number of aliphatic carboxylic acids is 1. The Hall–Kier alpha value is -0.950. The van der Waals surface area contributed by atoms with Crippen molar-refractivity contribution in [1.29, 1.82) is 0 Å². The molecule has 6 nitrogen and oxygen atoms in total. The van der Waals surface area contributed by atoms with Crippen molar-refractivity contribution in [3.8, 4) is 0 Å². The summed E-state index contributed by atoms with van der Waals surface area (Å²) in [6.07, 6.45) is 1.91. The van der Waals surface area contributed by atoms with Gasteiger partial charge in [0.15, 0.2) is 0 Å². The van der Waals surface area contributed by atoms with E-state index in [4.69, 9.17) is 4.74 Å². The maximum atomic E-state index is 12.3. The molecule has 0 aliphatic carbocycles. The van der Waals surface area contributed by atoms with Crippen LogP contribution in [0.2, 0.25) is 0 Å². The maximum Gasteiger partial charge on any atom is 0.309 e. The van der Waals surface area contributed by atoms with Crippen LogP contribution in [0.1, 0.15) is 34.1 Å². The summed E-state index contributed by atoms with van der Waals surface area (Å²) in [6, 6.07) is 0. The van der Waals surface area contributed by atoms with E-state index in [0.717, 1.165) is 0 Å². The molecular weight excluding hydrogens is 306 g/mol. The molecule has 0 radical (unpaired) electrons. The largest absolute Gasteiger partial charge is 0.481 e. The van der Waals surface area contributed by atoms with Gasteiger partial charge in [-0.3, -0.25) is 9.59 Å². The van der Waals surface area contributed by atoms with Crippen LogP contribution in [0.5, 0.6) is 0 Å². The van der Waals surface area contributed by atoms with E-state index in [2.05, 4.69) is 0 Å². The van der Waals surface area contributed by atoms with Crippen molar-refractivity contribution >= 4 is 22.9 Å². The molecule has 0 rings (SSSR count). The molecule has 3 atom stereocenters. The van der Waals surface area contributed by atoms with Gasteiger partial charge in [-0.2, -0.15) is 0 Å². The molecular formula is C15H29NO5S. The number of carboxylic acid groups (broad SMARTS) is 1. The van der Waals surface area contributed by atoms with Crippen molar-refractivity contribution < 1.29 is 23.6 Å². The molecule has 0 heterocycles. The van der Waals surface area contributed by atoms with E-state index in [1.54, 1.807) is 7.05 Å². The number of carbonyl (C=O) groups excluding carboxylic acids is 1. The average Bonchev–Trinajstić information content (AvgIpc) is 2.38. The second-order valence-corrected chi connectivity index (χ2v) is 7.91. The lowest BCUT2D eigenvalue weighted by Gasteiger charge is -2.27. The highest BCUT2D eigenvalue weighted by Gasteiger charge is 2.36. The Balaban J connectivity index is 5.17. The summed E-state index contributed by atoms with van der Waals surface area (Å²) in [7, 11) is 0.298. The van der Waals surface area contributed by atoms with Crippen LogP contribution in [0, 0.1) is 23.7 Å². The molecule has 0 spiro atoms. The Morgan fingerprint density at radius 2 is 1.68 bits per heavy atom. The summed E-state index contributed by atoms with van der Waals surface area (Å²) < 4.78 is 18.1. The first-order valence-electron chi connectivity index (χ1n) is 7.50. The fraction of sp³-hybridized carbons (Fsp3) is 0.867. The zero-order valence-corrected chi connectivity index (χ0v) is 15.2. The van der Waals surface area contributed by atoms with Crippen LogP contribution in [0.15, 0.2) is 0 Å². The van der Waals surface area contributed by atoms with E-state index in [9.17, 15) is 18.9 Å². The minimum absolute atomic E-state index is 0.0482. The van der Waals surface area contributed by atoms with Gasteiger partial charge < -0.3 is 9.84 Å². The topological polar surface area (TPSA) is 83.9 Å². The third-order valence-corrected chi connectivity index (χ3v) is 4.31. The first-order chi connectivity index (χ1) is 10.1. The SMILES string of the molecule is CC(C)COC(=O)C(CC(C)C)[C@H](CN(C)S(C)=O)C(=O)O. The highest BCUT2D eigenvalue weighted by Crippen LogP contribution is 2.24. The van der Waals surface area contributed by atoms with E-state index in [-0.39, 0.29) is 25.0 Å². The van der Waals surface area contributed by atoms with Crippen LogP contribution in [0.4, 0.5) is 0 Å². The summed E-state index contributed by atoms with van der Waals surface area (Å²) in [5.41, 5.74) is 0. The van der Waals surface area contributed by atoms with Crippen LogP contribution in [-0.2, 0) is 25.3 Å². The lowest BCUT2D eigenvalue weighted by Crippen LogP contribution is -2.40. The number of esters is 1. The van der Waals surface area contributed by atoms with Gasteiger partial charge in [0.2, 0.25) is 0 Å². The number of ether oxygens (including phenoxy) is 1. The van der Waals surface area contributed by atoms with E-state index in [1.165, 1.54) is 10.6 Å². The molecule has 0 aromatic rings. The molecule has 130 valence electrons. The van der Waals surface area contributed by atoms with Gasteiger partial charge in [-0.1, -0.05) is 27.7 Å². The van der Waals surface area contributed by atoms with E-state index >= 15 is 0 Å². The fourth-order valence-corrected chi connectivity index (χ4v) is 2.42. The fourth-order valence-electron chi connectivity index (χ4n) is 2.05. The molecule has 0 amide bonds. The van der Waals surface area contributed by atoms with E-state index in [0.29, 0.717) is 6.42 Å². The van der Waals surface area contributed by atoms with Gasteiger partial charge in [0.1, 0.15) is 0 Å². The Labute approximate surface area is 135 Å². The minimum atomic E-state index is -1.28. The Kier molecular flexibility index (Phi) is 9.51. The number of carboxylic acids is 1. The smallest absolute Gasteiger partial charge is 0.309 e. The van der Waals surface area contributed by atoms with E-state index < -0.39 is 34.8 Å². The lowest BCUT2D eigenvalue weighted by molar-refractivity contribution is -0.159. The van der Waals surface area contributed by atoms with Gasteiger partial charge in [-0.15, -0.1) is 0 Å². The third-order valence-electron chi connectivity index (χ3n) is 3.28. The van der Waals surface area contributed by atoms with Crippen molar-refractivity contribution in [3.63, 3.8) is 0 Å². The molecule has 0 fully saturated rings. The van der Waals surface area contributed by atoms with Crippen molar-refractivity contribution in [3.05, 3.63) is 0 Å². The lowest BCUT2D eigenvalue weighted by atomic mass is 9.85. The first-order valence-corrected chi connectivity index (χ1v) is 9.01. The predicted octanol–water partition coefficient (Wildman–Crippen LogP) is 1.77. The zero-order valence-electron chi connectivity index (χ0n) is 14.4. The Bertz CT molecular complexity index is 397. The second kappa shape index (κ2) is 9.94. The van der Waals surface area contributed by atoms with Gasteiger partial charge in [0.25, 0.3) is 0 Å². The first kappa shape index (κ1) is 21.0. The number of nitrogens with zero attached hydrogens (tertiary/aromatic N) is 1. The molecule has 0 aromatic heterocycles. The molecule has 0 aromatic carbocycles. The average molecular weight is 335 g/mol. The summed E-state index contributed by atoms with van der Waals surface area (Å²) >= 11 is 0. The molecule has 7 heteroatoms. The van der Waals surface area contributed by atoms with Crippen molar-refractivity contribution in [2.24, 2.45) is 23.7 Å². The molecule has 0 saturated heterocycles. The molecule has 0 bridgehead atoms. The van der Waals surface area contributed by atoms with Crippen molar-refractivity contribution in [2.45, 2.75) is 34.1 Å². The number of hydrogen-bond acceptors (Lipinski definition) is 4. The molecule has 2 unspecified atom stereocenters. The highest BCUT2D eigenvalue weighted by molar-refractivity contribution is 7.81. The zero-order chi connectivity index (χ0) is 17.4. The van der Waals surface area contributed by atoms with Crippen LogP contribution in [0.3, 0.4) is 0 Å². The number of rotatable bonds is 10. The summed E-state index contributed by atoms with van der Waals surface area (Å²) in [5.74, 6) is -2.86. The van der Waals surface area contributed by atoms with Gasteiger partial charge in [0, 0.05) is 12.8 Å². The third kappa shape index (κ3) is 7.89. The highest BCUT2D eigenvalue weighted by atomic mass is 32.2. The number of hydrogen-bond donors (Lipinski definition) is 1. The van der Waals surface area contributed by atoms with Gasteiger partial charge in [0.05, 0.1) is 29.4 Å². The van der Waals surface area contributed by atoms with Crippen LogP contribution < -0.4 is 0 Å². The predicted molar refractivity (Wildman–Crippen MR) is 86.6 cm³/mol. The Morgan fingerprint density at radius 3 is 2.05 bits per heavy atom. The summed E-state index contributed by atoms with van der Waals surface area (Å²) in [4.78, 5) is 23.9. The summed E-state index contributed by atoms with van der Waals surface area (Å²) in [6.45, 7) is 8.04. The molecule has 22 heavy (non-hydrogen) atoms. The maximum absolute atomic E-state index is 12.3. The van der Waals surface area contributed by atoms with Gasteiger partial charge in [-0.25, -0.2) is 8.51 Å². The minimum Gasteiger partial charge on any atom is -0.481 e. The van der Waals surface area contributed by atoms with Gasteiger partial charge >= 0.3 is 11.9 Å². The van der Waals surface area contributed by atoms with Crippen LogP contribution in [0.25, 0.3) is 0 Å².